The molecule has 0 aromatic carbocycles. The van der Waals surface area contributed by atoms with Crippen molar-refractivity contribution in [3.8, 4) is 5.88 Å². The van der Waals surface area contributed by atoms with E-state index in [0.717, 1.165) is 0 Å². The number of nitrogens with two attached hydrogens (primary N) is 1. The maximum Gasteiger partial charge on any atom is 0.275 e. The van der Waals surface area contributed by atoms with Crippen LogP contribution >= 0.6 is 0 Å². The van der Waals surface area contributed by atoms with Crippen LogP contribution in [0.2, 0.25) is 0 Å². The number of carbonyl (C=O) groups excluding carboxylic acids is 2. The number of carbonyl (C=O) groups is 2. The van der Waals surface area contributed by atoms with Gasteiger partial charge in [-0.1, -0.05) is 13.8 Å². The first-order valence-corrected chi connectivity index (χ1v) is 9.52. The van der Waals surface area contributed by atoms with Crippen LogP contribution in [-0.4, -0.2) is 51.3 Å². The highest BCUT2D eigenvalue weighted by Crippen LogP contribution is 2.32. The molecule has 3 rings (SSSR count). The summed E-state index contributed by atoms with van der Waals surface area (Å²) in [5.74, 6) is 0.262. The molecule has 3 heterocycles. The van der Waals surface area contributed by atoms with E-state index in [-0.39, 0.29) is 24.0 Å². The summed E-state index contributed by atoms with van der Waals surface area (Å²) < 4.78 is 5.47. The molecule has 10 heteroatoms. The fourth-order valence-electron chi connectivity index (χ4n) is 2.81. The number of anilines is 1. The van der Waals surface area contributed by atoms with E-state index in [1.165, 1.54) is 17.3 Å². The van der Waals surface area contributed by atoms with E-state index >= 15 is 0 Å². The highest BCUT2D eigenvalue weighted by molar-refractivity contribution is 6.02. The fourth-order valence-corrected chi connectivity index (χ4v) is 2.81. The lowest BCUT2D eigenvalue weighted by atomic mass is 9.91. The third-order valence-corrected chi connectivity index (χ3v) is 4.57. The van der Waals surface area contributed by atoms with Gasteiger partial charge in [0, 0.05) is 18.9 Å². The van der Waals surface area contributed by atoms with E-state index in [4.69, 9.17) is 10.5 Å². The Hall–Kier alpha value is -3.56. The SMILES string of the molecule is CC(C)COc1cnc(C(=O)Nc2ccnc(C3(C)CC(=O)N(C)C(N)=N3)c2)cn1. The maximum atomic E-state index is 12.5. The van der Waals surface area contributed by atoms with Gasteiger partial charge in [-0.3, -0.25) is 19.5 Å². The van der Waals surface area contributed by atoms with Crippen LogP contribution in [0.4, 0.5) is 5.69 Å². The predicted octanol–water partition coefficient (Wildman–Crippen LogP) is 1.55. The van der Waals surface area contributed by atoms with Gasteiger partial charge in [-0.05, 0) is 25.0 Å². The fraction of sp³-hybridized carbons (Fsp3) is 0.400. The Balaban J connectivity index is 1.74. The van der Waals surface area contributed by atoms with Crippen LogP contribution in [0.25, 0.3) is 0 Å². The number of pyridine rings is 1. The van der Waals surface area contributed by atoms with Gasteiger partial charge in [0.25, 0.3) is 5.91 Å². The van der Waals surface area contributed by atoms with Crippen molar-refractivity contribution < 1.29 is 14.3 Å². The smallest absolute Gasteiger partial charge is 0.275 e. The molecule has 158 valence electrons. The largest absolute Gasteiger partial charge is 0.476 e. The topological polar surface area (TPSA) is 136 Å². The molecule has 1 unspecified atom stereocenters. The average Bonchev–Trinajstić information content (AvgIpc) is 2.71. The van der Waals surface area contributed by atoms with Gasteiger partial charge >= 0.3 is 0 Å². The van der Waals surface area contributed by atoms with Crippen LogP contribution in [-0.2, 0) is 10.3 Å². The molecular formula is C20H25N7O3. The van der Waals surface area contributed by atoms with Crippen LogP contribution in [0.1, 0.15) is 43.4 Å². The monoisotopic (exact) mass is 411 g/mol. The summed E-state index contributed by atoms with van der Waals surface area (Å²) in [6.07, 6.45) is 4.43. The minimum atomic E-state index is -0.913. The molecule has 3 N–H and O–H groups in total. The molecule has 0 saturated carbocycles. The van der Waals surface area contributed by atoms with Gasteiger partial charge < -0.3 is 15.8 Å². The molecule has 1 atom stereocenters. The van der Waals surface area contributed by atoms with Gasteiger partial charge in [-0.15, -0.1) is 0 Å². The molecule has 0 spiro atoms. The zero-order valence-electron chi connectivity index (χ0n) is 17.4. The van der Waals surface area contributed by atoms with Crippen LogP contribution in [0.15, 0.2) is 35.7 Å². The van der Waals surface area contributed by atoms with Crippen molar-refractivity contribution in [3.63, 3.8) is 0 Å². The van der Waals surface area contributed by atoms with Gasteiger partial charge in [-0.25, -0.2) is 15.0 Å². The normalized spacial score (nSPS) is 18.9. The minimum Gasteiger partial charge on any atom is -0.476 e. The summed E-state index contributed by atoms with van der Waals surface area (Å²) in [5.41, 5.74) is 6.11. The summed E-state index contributed by atoms with van der Waals surface area (Å²) in [4.78, 5) is 43.0. The van der Waals surface area contributed by atoms with E-state index < -0.39 is 11.4 Å². The summed E-state index contributed by atoms with van der Waals surface area (Å²) in [6.45, 7) is 6.35. The van der Waals surface area contributed by atoms with Crippen LogP contribution in [0.3, 0.4) is 0 Å². The van der Waals surface area contributed by atoms with E-state index in [9.17, 15) is 9.59 Å². The molecule has 0 fully saturated rings. The molecule has 2 aromatic heterocycles. The van der Waals surface area contributed by atoms with Crippen LogP contribution in [0.5, 0.6) is 5.88 Å². The van der Waals surface area contributed by atoms with Crippen molar-refractivity contribution in [2.45, 2.75) is 32.7 Å². The van der Waals surface area contributed by atoms with E-state index in [1.807, 2.05) is 13.8 Å². The molecule has 1 aliphatic rings. The molecule has 1 aliphatic heterocycles. The van der Waals surface area contributed by atoms with E-state index in [2.05, 4.69) is 25.3 Å². The highest BCUT2D eigenvalue weighted by Gasteiger charge is 2.37. The second-order valence-corrected chi connectivity index (χ2v) is 7.70. The summed E-state index contributed by atoms with van der Waals surface area (Å²) in [7, 11) is 1.57. The number of ether oxygens (including phenoxy) is 1. The second-order valence-electron chi connectivity index (χ2n) is 7.70. The first-order valence-electron chi connectivity index (χ1n) is 9.52. The Morgan fingerprint density at radius 3 is 2.73 bits per heavy atom. The zero-order chi connectivity index (χ0) is 21.9. The Bertz CT molecular complexity index is 975. The number of nitrogens with one attached hydrogen (secondary N) is 1. The first kappa shape index (κ1) is 21.2. The third-order valence-electron chi connectivity index (χ3n) is 4.57. The van der Waals surface area contributed by atoms with Gasteiger partial charge in [0.05, 0.1) is 31.1 Å². The summed E-state index contributed by atoms with van der Waals surface area (Å²) in [6, 6.07) is 3.31. The van der Waals surface area contributed by atoms with E-state index in [1.54, 1.807) is 32.3 Å². The van der Waals surface area contributed by atoms with Gasteiger partial charge in [0.15, 0.2) is 5.96 Å². The van der Waals surface area contributed by atoms with Crippen molar-refractivity contribution in [1.82, 2.24) is 19.9 Å². The minimum absolute atomic E-state index is 0.123. The number of amides is 2. The second kappa shape index (κ2) is 8.44. The lowest BCUT2D eigenvalue weighted by Crippen LogP contribution is -2.47. The van der Waals surface area contributed by atoms with Crippen molar-refractivity contribution in [1.29, 1.82) is 0 Å². The number of aromatic nitrogens is 3. The Labute approximate surface area is 174 Å². The van der Waals surface area contributed by atoms with Crippen LogP contribution in [0, 0.1) is 5.92 Å². The number of hydrogen-bond acceptors (Lipinski definition) is 8. The van der Waals surface area contributed by atoms with Crippen molar-refractivity contribution in [3.05, 3.63) is 42.1 Å². The summed E-state index contributed by atoms with van der Waals surface area (Å²) >= 11 is 0. The average molecular weight is 411 g/mol. The molecule has 2 amide bonds. The molecule has 0 radical (unpaired) electrons. The quantitative estimate of drug-likeness (QED) is 0.736. The van der Waals surface area contributed by atoms with Crippen LogP contribution < -0.4 is 15.8 Å². The zero-order valence-corrected chi connectivity index (χ0v) is 17.4. The predicted molar refractivity (Wildman–Crippen MR) is 111 cm³/mol. The van der Waals surface area contributed by atoms with Crippen molar-refractivity contribution in [2.75, 3.05) is 19.0 Å². The molecule has 10 nitrogen and oxygen atoms in total. The molecule has 0 bridgehead atoms. The maximum absolute atomic E-state index is 12.5. The molecule has 0 saturated heterocycles. The number of aliphatic imine (C=N–C) groups is 1. The summed E-state index contributed by atoms with van der Waals surface area (Å²) in [5, 5.41) is 2.76. The molecule has 2 aromatic rings. The lowest BCUT2D eigenvalue weighted by Gasteiger charge is -2.32. The van der Waals surface area contributed by atoms with Gasteiger partial charge in [0.1, 0.15) is 11.2 Å². The Kier molecular flexibility index (Phi) is 5.95. The Morgan fingerprint density at radius 2 is 2.10 bits per heavy atom. The third kappa shape index (κ3) is 4.70. The number of guanidine groups is 1. The number of rotatable bonds is 6. The first-order chi connectivity index (χ1) is 14.2. The molecular weight excluding hydrogens is 386 g/mol. The molecule has 30 heavy (non-hydrogen) atoms. The standard InChI is InChI=1S/C20H25N7O3/c1-12(2)11-30-16-10-23-14(9-24-16)18(29)25-13-5-6-22-15(7-13)20(3)8-17(28)27(4)19(21)26-20/h5-7,9-10,12H,8,11H2,1-4H3,(H2,21,26)(H,22,25,29). The number of nitrogens with zero attached hydrogens (tertiary/aromatic N) is 5. The van der Waals surface area contributed by atoms with Gasteiger partial charge in [0.2, 0.25) is 11.8 Å². The van der Waals surface area contributed by atoms with Crippen molar-refractivity contribution >= 4 is 23.5 Å². The van der Waals surface area contributed by atoms with Gasteiger partial charge in [-0.2, -0.15) is 0 Å². The highest BCUT2D eigenvalue weighted by atomic mass is 16.5. The lowest BCUT2D eigenvalue weighted by molar-refractivity contribution is -0.128. The Morgan fingerprint density at radius 1 is 1.33 bits per heavy atom. The number of hydrogen-bond donors (Lipinski definition) is 2. The molecule has 0 aliphatic carbocycles. The van der Waals surface area contributed by atoms with E-state index in [0.29, 0.717) is 29.8 Å². The van der Waals surface area contributed by atoms with Crippen molar-refractivity contribution in [2.24, 2.45) is 16.6 Å².